The van der Waals surface area contributed by atoms with Crippen LogP contribution in [-0.4, -0.2) is 5.24 Å². The summed E-state index contributed by atoms with van der Waals surface area (Å²) in [5.74, 6) is 0.594. The average Bonchev–Trinajstić information content (AvgIpc) is 2.31. The van der Waals surface area contributed by atoms with Crippen molar-refractivity contribution in [1.82, 2.24) is 0 Å². The van der Waals surface area contributed by atoms with Gasteiger partial charge in [-0.3, -0.25) is 4.79 Å². The van der Waals surface area contributed by atoms with Gasteiger partial charge in [0.1, 0.15) is 0 Å². The Hall–Kier alpha value is -0.0400. The largest absolute Gasteiger partial charge is 0.281 e. The van der Waals surface area contributed by atoms with Crippen molar-refractivity contribution in [2.75, 3.05) is 0 Å². The highest BCUT2D eigenvalue weighted by atomic mass is 35.5. The minimum absolute atomic E-state index is 0.0332. The molecular weight excluding hydrogens is 208 g/mol. The second-order valence-electron chi connectivity index (χ2n) is 5.33. The van der Waals surface area contributed by atoms with Crippen LogP contribution < -0.4 is 0 Å². The Morgan fingerprint density at radius 2 is 1.47 bits per heavy atom. The number of rotatable bonds is 2. The standard InChI is InChI=1S/C13H21ClO/c14-12(15)13(9-5-2-6-10-13)11-7-3-1-4-8-11/h11H,1-10H2. The highest BCUT2D eigenvalue weighted by Crippen LogP contribution is 2.49. The fraction of sp³-hybridized carbons (Fsp3) is 0.923. The van der Waals surface area contributed by atoms with Gasteiger partial charge in [-0.25, -0.2) is 0 Å². The van der Waals surface area contributed by atoms with Crippen molar-refractivity contribution in [3.8, 4) is 0 Å². The fourth-order valence-electron chi connectivity index (χ4n) is 3.60. The van der Waals surface area contributed by atoms with Crippen LogP contribution in [0.1, 0.15) is 64.2 Å². The molecule has 0 atom stereocenters. The lowest BCUT2D eigenvalue weighted by atomic mass is 9.62. The van der Waals surface area contributed by atoms with Crippen molar-refractivity contribution in [2.24, 2.45) is 11.3 Å². The van der Waals surface area contributed by atoms with E-state index in [2.05, 4.69) is 0 Å². The minimum Gasteiger partial charge on any atom is -0.281 e. The molecule has 2 aliphatic carbocycles. The third-order valence-corrected chi connectivity index (χ3v) is 4.90. The summed E-state index contributed by atoms with van der Waals surface area (Å²) >= 11 is 5.91. The van der Waals surface area contributed by atoms with E-state index in [1.807, 2.05) is 0 Å². The van der Waals surface area contributed by atoms with Gasteiger partial charge in [-0.15, -0.1) is 0 Å². The molecule has 0 aliphatic heterocycles. The van der Waals surface area contributed by atoms with Crippen LogP contribution in [0.3, 0.4) is 0 Å². The molecule has 1 nitrogen and oxygen atoms in total. The first-order valence-electron chi connectivity index (χ1n) is 6.46. The summed E-state index contributed by atoms with van der Waals surface area (Å²) in [6.45, 7) is 0. The van der Waals surface area contributed by atoms with E-state index in [-0.39, 0.29) is 10.7 Å². The van der Waals surface area contributed by atoms with Crippen LogP contribution in [0.2, 0.25) is 0 Å². The Morgan fingerprint density at radius 1 is 0.933 bits per heavy atom. The first-order valence-corrected chi connectivity index (χ1v) is 6.83. The molecule has 2 fully saturated rings. The predicted octanol–water partition coefficient (Wildman–Crippen LogP) is 4.28. The summed E-state index contributed by atoms with van der Waals surface area (Å²) in [5.41, 5.74) is -0.125. The quantitative estimate of drug-likeness (QED) is 0.645. The predicted molar refractivity (Wildman–Crippen MR) is 63.0 cm³/mol. The maximum absolute atomic E-state index is 11.8. The zero-order chi connectivity index (χ0) is 10.7. The van der Waals surface area contributed by atoms with Crippen LogP contribution in [0, 0.1) is 11.3 Å². The molecule has 0 aromatic carbocycles. The van der Waals surface area contributed by atoms with Gasteiger partial charge >= 0.3 is 0 Å². The summed E-state index contributed by atoms with van der Waals surface area (Å²) in [6, 6.07) is 0. The van der Waals surface area contributed by atoms with E-state index in [0.717, 1.165) is 12.8 Å². The van der Waals surface area contributed by atoms with E-state index in [9.17, 15) is 4.79 Å². The molecule has 0 amide bonds. The first kappa shape index (κ1) is 11.4. The minimum atomic E-state index is -0.125. The summed E-state index contributed by atoms with van der Waals surface area (Å²) in [4.78, 5) is 11.8. The molecule has 2 aliphatic rings. The van der Waals surface area contributed by atoms with E-state index in [4.69, 9.17) is 11.6 Å². The molecule has 0 aromatic heterocycles. The Morgan fingerprint density at radius 3 is 2.00 bits per heavy atom. The lowest BCUT2D eigenvalue weighted by molar-refractivity contribution is -0.126. The van der Waals surface area contributed by atoms with Gasteiger partial charge in [0.05, 0.1) is 0 Å². The molecule has 0 spiro atoms. The zero-order valence-electron chi connectivity index (χ0n) is 9.43. The Bertz CT molecular complexity index is 225. The molecule has 2 saturated carbocycles. The topological polar surface area (TPSA) is 17.1 Å². The molecule has 0 aromatic rings. The molecule has 2 rings (SSSR count). The van der Waals surface area contributed by atoms with Gasteiger partial charge in [0.15, 0.2) is 0 Å². The Kier molecular flexibility index (Phi) is 3.71. The molecule has 0 radical (unpaired) electrons. The molecule has 86 valence electrons. The average molecular weight is 229 g/mol. The van der Waals surface area contributed by atoms with Gasteiger partial charge in [-0.2, -0.15) is 0 Å². The SMILES string of the molecule is O=C(Cl)C1(C2CCCCC2)CCCCC1. The summed E-state index contributed by atoms with van der Waals surface area (Å²) in [5, 5.41) is -0.0332. The van der Waals surface area contributed by atoms with Crippen LogP contribution in [0.25, 0.3) is 0 Å². The van der Waals surface area contributed by atoms with Gasteiger partial charge < -0.3 is 0 Å². The number of halogens is 1. The van der Waals surface area contributed by atoms with Gasteiger partial charge in [-0.05, 0) is 43.2 Å². The second kappa shape index (κ2) is 4.86. The fourth-order valence-corrected chi connectivity index (χ4v) is 3.95. The first-order chi connectivity index (χ1) is 7.26. The second-order valence-corrected chi connectivity index (χ2v) is 5.67. The summed E-state index contributed by atoms with van der Waals surface area (Å²) < 4.78 is 0. The summed E-state index contributed by atoms with van der Waals surface area (Å²) in [7, 11) is 0. The lowest BCUT2D eigenvalue weighted by Crippen LogP contribution is -2.39. The van der Waals surface area contributed by atoms with Crippen LogP contribution >= 0.6 is 11.6 Å². The van der Waals surface area contributed by atoms with Gasteiger partial charge in [-0.1, -0.05) is 38.5 Å². The highest BCUT2D eigenvalue weighted by Gasteiger charge is 2.44. The number of carbonyl (C=O) groups excluding carboxylic acids is 1. The van der Waals surface area contributed by atoms with Crippen LogP contribution in [0.4, 0.5) is 0 Å². The van der Waals surface area contributed by atoms with Gasteiger partial charge in [0, 0.05) is 5.41 Å². The molecule has 0 bridgehead atoms. The number of carbonyl (C=O) groups is 1. The molecule has 0 unspecified atom stereocenters. The van der Waals surface area contributed by atoms with Crippen molar-refractivity contribution in [2.45, 2.75) is 64.2 Å². The zero-order valence-corrected chi connectivity index (χ0v) is 10.2. The van der Waals surface area contributed by atoms with Crippen molar-refractivity contribution in [1.29, 1.82) is 0 Å². The van der Waals surface area contributed by atoms with Crippen LogP contribution in [0.5, 0.6) is 0 Å². The van der Waals surface area contributed by atoms with Crippen molar-refractivity contribution in [3.05, 3.63) is 0 Å². The van der Waals surface area contributed by atoms with E-state index in [1.165, 1.54) is 51.4 Å². The Labute approximate surface area is 97.6 Å². The van der Waals surface area contributed by atoms with E-state index >= 15 is 0 Å². The smallest absolute Gasteiger partial charge is 0.228 e. The molecule has 0 heterocycles. The van der Waals surface area contributed by atoms with Crippen molar-refractivity contribution >= 4 is 16.8 Å². The summed E-state index contributed by atoms with van der Waals surface area (Å²) in [6.07, 6.45) is 12.2. The third kappa shape index (κ3) is 2.22. The molecule has 0 N–H and O–H groups in total. The molecule has 2 heteroatoms. The van der Waals surface area contributed by atoms with E-state index in [0.29, 0.717) is 5.92 Å². The molecular formula is C13H21ClO. The van der Waals surface area contributed by atoms with E-state index < -0.39 is 0 Å². The number of hydrogen-bond acceptors (Lipinski definition) is 1. The number of hydrogen-bond donors (Lipinski definition) is 0. The molecule has 15 heavy (non-hydrogen) atoms. The maximum atomic E-state index is 11.8. The Balaban J connectivity index is 2.12. The van der Waals surface area contributed by atoms with Crippen LogP contribution in [-0.2, 0) is 4.79 Å². The van der Waals surface area contributed by atoms with E-state index in [1.54, 1.807) is 0 Å². The van der Waals surface area contributed by atoms with Gasteiger partial charge in [0.2, 0.25) is 5.24 Å². The van der Waals surface area contributed by atoms with Crippen molar-refractivity contribution in [3.63, 3.8) is 0 Å². The monoisotopic (exact) mass is 228 g/mol. The normalized spacial score (nSPS) is 27.5. The lowest BCUT2D eigenvalue weighted by Gasteiger charge is -2.42. The van der Waals surface area contributed by atoms with Crippen LogP contribution in [0.15, 0.2) is 0 Å². The molecule has 0 saturated heterocycles. The van der Waals surface area contributed by atoms with Gasteiger partial charge in [0.25, 0.3) is 0 Å². The van der Waals surface area contributed by atoms with Crippen molar-refractivity contribution < 1.29 is 4.79 Å². The maximum Gasteiger partial charge on any atom is 0.228 e. The third-order valence-electron chi connectivity index (χ3n) is 4.52. The highest BCUT2D eigenvalue weighted by molar-refractivity contribution is 6.64.